The van der Waals surface area contributed by atoms with Crippen LogP contribution in [0.3, 0.4) is 0 Å². The average Bonchev–Trinajstić information content (AvgIpc) is 2.96. The largest absolute Gasteiger partial charge is 0.324 e. The second-order valence-electron chi connectivity index (χ2n) is 8.29. The molecule has 6 heteroatoms. The second-order valence-corrected chi connectivity index (χ2v) is 8.29. The summed E-state index contributed by atoms with van der Waals surface area (Å²) in [6, 6.07) is 9.83. The summed E-state index contributed by atoms with van der Waals surface area (Å²) in [5.41, 5.74) is 4.01. The summed E-state index contributed by atoms with van der Waals surface area (Å²) in [7, 11) is 2.16. The Morgan fingerprint density at radius 3 is 2.43 bits per heavy atom. The van der Waals surface area contributed by atoms with Crippen LogP contribution in [0, 0.1) is 19.8 Å². The van der Waals surface area contributed by atoms with E-state index in [1.54, 1.807) is 0 Å². The topological polar surface area (TPSA) is 53.4 Å². The van der Waals surface area contributed by atoms with Gasteiger partial charge in [-0.1, -0.05) is 32.0 Å². The molecule has 1 aromatic carbocycles. The molecule has 2 aromatic rings. The molecule has 28 heavy (non-hydrogen) atoms. The van der Waals surface area contributed by atoms with Crippen molar-refractivity contribution in [3.8, 4) is 0 Å². The number of anilines is 1. The quantitative estimate of drug-likeness (QED) is 0.833. The van der Waals surface area contributed by atoms with Gasteiger partial charge in [0.25, 0.3) is 0 Å². The number of amides is 1. The Bertz CT molecular complexity index is 805. The Balaban J connectivity index is 1.76. The number of piperazine rings is 1. The van der Waals surface area contributed by atoms with E-state index >= 15 is 0 Å². The highest BCUT2D eigenvalue weighted by atomic mass is 16.2. The summed E-state index contributed by atoms with van der Waals surface area (Å²) in [5, 5.41) is 7.75. The average molecular weight is 384 g/mol. The lowest BCUT2D eigenvalue weighted by Crippen LogP contribution is -2.44. The molecule has 2 heterocycles. The van der Waals surface area contributed by atoms with Crippen LogP contribution in [-0.2, 0) is 11.3 Å². The van der Waals surface area contributed by atoms with Crippen molar-refractivity contribution < 1.29 is 4.79 Å². The first-order valence-corrected chi connectivity index (χ1v) is 10.2. The van der Waals surface area contributed by atoms with Gasteiger partial charge in [-0.2, -0.15) is 5.10 Å². The van der Waals surface area contributed by atoms with Gasteiger partial charge in [0.1, 0.15) is 6.04 Å². The van der Waals surface area contributed by atoms with Gasteiger partial charge in [0.05, 0.1) is 5.69 Å². The number of hydrogen-bond acceptors (Lipinski definition) is 4. The van der Waals surface area contributed by atoms with Gasteiger partial charge >= 0.3 is 0 Å². The highest BCUT2D eigenvalue weighted by Crippen LogP contribution is 2.24. The number of aryl methyl sites for hydroxylation is 2. The van der Waals surface area contributed by atoms with Gasteiger partial charge in [-0.15, -0.1) is 0 Å². The van der Waals surface area contributed by atoms with Crippen molar-refractivity contribution in [1.82, 2.24) is 19.6 Å². The van der Waals surface area contributed by atoms with E-state index in [0.717, 1.165) is 55.4 Å². The minimum Gasteiger partial charge on any atom is -0.324 e. The third-order valence-electron chi connectivity index (χ3n) is 5.47. The van der Waals surface area contributed by atoms with Crippen LogP contribution in [-0.4, -0.2) is 58.7 Å². The highest BCUT2D eigenvalue weighted by molar-refractivity contribution is 5.94. The van der Waals surface area contributed by atoms with Gasteiger partial charge in [0, 0.05) is 44.1 Å². The zero-order valence-corrected chi connectivity index (χ0v) is 17.8. The maximum absolute atomic E-state index is 13.2. The molecule has 1 N–H and O–H groups in total. The fourth-order valence-electron chi connectivity index (χ4n) is 3.86. The van der Waals surface area contributed by atoms with Crippen molar-refractivity contribution in [3.63, 3.8) is 0 Å². The van der Waals surface area contributed by atoms with Crippen LogP contribution in [0.4, 0.5) is 5.69 Å². The number of rotatable bonds is 6. The molecule has 1 amide bonds. The molecular formula is C22H33N5O. The maximum atomic E-state index is 13.2. The van der Waals surface area contributed by atoms with E-state index in [1.807, 2.05) is 42.8 Å². The minimum atomic E-state index is -0.328. The van der Waals surface area contributed by atoms with Gasteiger partial charge in [0.2, 0.25) is 5.91 Å². The van der Waals surface area contributed by atoms with E-state index in [-0.39, 0.29) is 17.9 Å². The fourth-order valence-corrected chi connectivity index (χ4v) is 3.86. The predicted octanol–water partition coefficient (Wildman–Crippen LogP) is 3.08. The van der Waals surface area contributed by atoms with Gasteiger partial charge in [-0.3, -0.25) is 14.4 Å². The van der Waals surface area contributed by atoms with Crippen LogP contribution in [0.15, 0.2) is 30.3 Å². The van der Waals surface area contributed by atoms with Gasteiger partial charge < -0.3 is 10.2 Å². The van der Waals surface area contributed by atoms with Crippen LogP contribution in [0.5, 0.6) is 0 Å². The molecule has 1 fully saturated rings. The number of aromatic nitrogens is 2. The SMILES string of the molecule is Cc1cc(C)n(C(C(=O)Nc2ccccc2CN2CCN(C)CC2)C(C)C)n1. The molecule has 0 bridgehead atoms. The predicted molar refractivity (Wildman–Crippen MR) is 113 cm³/mol. The molecule has 1 unspecified atom stereocenters. The van der Waals surface area contributed by atoms with E-state index in [1.165, 1.54) is 0 Å². The fraction of sp³-hybridized carbons (Fsp3) is 0.545. The number of hydrogen-bond donors (Lipinski definition) is 1. The summed E-state index contributed by atoms with van der Waals surface area (Å²) in [6.45, 7) is 13.2. The van der Waals surface area contributed by atoms with E-state index in [2.05, 4.69) is 47.2 Å². The number of carbonyl (C=O) groups is 1. The third-order valence-corrected chi connectivity index (χ3v) is 5.47. The van der Waals surface area contributed by atoms with Crippen molar-refractivity contribution in [1.29, 1.82) is 0 Å². The second kappa shape index (κ2) is 8.88. The normalized spacial score (nSPS) is 17.1. The zero-order valence-electron chi connectivity index (χ0n) is 17.8. The van der Waals surface area contributed by atoms with Crippen molar-refractivity contribution in [2.24, 2.45) is 5.92 Å². The first-order chi connectivity index (χ1) is 13.3. The molecule has 1 saturated heterocycles. The molecule has 0 saturated carbocycles. The van der Waals surface area contributed by atoms with Crippen molar-refractivity contribution in [2.45, 2.75) is 40.3 Å². The van der Waals surface area contributed by atoms with Gasteiger partial charge in [0.15, 0.2) is 0 Å². The minimum absolute atomic E-state index is 0.00738. The lowest BCUT2D eigenvalue weighted by atomic mass is 10.0. The summed E-state index contributed by atoms with van der Waals surface area (Å²) in [5.74, 6) is 0.134. The lowest BCUT2D eigenvalue weighted by molar-refractivity contribution is -0.120. The summed E-state index contributed by atoms with van der Waals surface area (Å²) < 4.78 is 1.86. The maximum Gasteiger partial charge on any atom is 0.249 e. The van der Waals surface area contributed by atoms with Crippen LogP contribution >= 0.6 is 0 Å². The van der Waals surface area contributed by atoms with E-state index < -0.39 is 0 Å². The number of likely N-dealkylation sites (N-methyl/N-ethyl adjacent to an activating group) is 1. The van der Waals surface area contributed by atoms with Crippen LogP contribution in [0.25, 0.3) is 0 Å². The van der Waals surface area contributed by atoms with E-state index in [0.29, 0.717) is 0 Å². The number of para-hydroxylation sites is 1. The molecule has 1 atom stereocenters. The number of benzene rings is 1. The first-order valence-electron chi connectivity index (χ1n) is 10.2. The molecule has 152 valence electrons. The molecule has 6 nitrogen and oxygen atoms in total. The molecule has 1 aromatic heterocycles. The van der Waals surface area contributed by atoms with Crippen LogP contribution in [0.1, 0.15) is 36.8 Å². The van der Waals surface area contributed by atoms with Gasteiger partial charge in [-0.05, 0) is 44.5 Å². The summed E-state index contributed by atoms with van der Waals surface area (Å²) >= 11 is 0. The zero-order chi connectivity index (χ0) is 20.3. The molecule has 0 aliphatic carbocycles. The van der Waals surface area contributed by atoms with Gasteiger partial charge in [-0.25, -0.2) is 0 Å². The Labute approximate surface area is 168 Å². The molecule has 0 spiro atoms. The van der Waals surface area contributed by atoms with Crippen molar-refractivity contribution in [2.75, 3.05) is 38.5 Å². The van der Waals surface area contributed by atoms with Crippen LogP contribution in [0.2, 0.25) is 0 Å². The summed E-state index contributed by atoms with van der Waals surface area (Å²) in [4.78, 5) is 18.0. The Morgan fingerprint density at radius 1 is 1.14 bits per heavy atom. The molecular weight excluding hydrogens is 350 g/mol. The number of nitrogens with one attached hydrogen (secondary N) is 1. The first kappa shape index (κ1) is 20.6. The molecule has 0 radical (unpaired) electrons. The summed E-state index contributed by atoms with van der Waals surface area (Å²) in [6.07, 6.45) is 0. The molecule has 1 aliphatic heterocycles. The Kier molecular flexibility index (Phi) is 6.52. The Hall–Kier alpha value is -2.18. The monoisotopic (exact) mass is 383 g/mol. The number of carbonyl (C=O) groups excluding carboxylic acids is 1. The third kappa shape index (κ3) is 4.80. The lowest BCUT2D eigenvalue weighted by Gasteiger charge is -2.32. The van der Waals surface area contributed by atoms with E-state index in [4.69, 9.17) is 0 Å². The number of nitrogens with zero attached hydrogens (tertiary/aromatic N) is 4. The smallest absolute Gasteiger partial charge is 0.249 e. The van der Waals surface area contributed by atoms with E-state index in [9.17, 15) is 4.79 Å². The molecule has 3 rings (SSSR count). The standard InChI is InChI=1S/C22H33N5O/c1-16(2)21(27-18(4)14-17(3)24-27)22(28)23-20-9-7-6-8-19(20)15-26-12-10-25(5)11-13-26/h6-9,14,16,21H,10-13,15H2,1-5H3,(H,23,28). The Morgan fingerprint density at radius 2 is 1.82 bits per heavy atom. The highest BCUT2D eigenvalue weighted by Gasteiger charge is 2.27. The van der Waals surface area contributed by atoms with Crippen molar-refractivity contribution in [3.05, 3.63) is 47.3 Å². The van der Waals surface area contributed by atoms with Crippen LogP contribution < -0.4 is 5.32 Å². The van der Waals surface area contributed by atoms with Crippen molar-refractivity contribution >= 4 is 11.6 Å². The molecule has 1 aliphatic rings.